The van der Waals surface area contributed by atoms with Crippen molar-refractivity contribution in [1.29, 1.82) is 0 Å². The Morgan fingerprint density at radius 3 is 2.20 bits per heavy atom. The number of aromatic nitrogens is 3. The Balaban J connectivity index is 1.07. The number of benzene rings is 3. The number of amides is 3. The third-order valence-electron chi connectivity index (χ3n) is 9.20. The number of likely N-dealkylation sites (tertiary alicyclic amines) is 1. The molecule has 0 unspecified atom stereocenters. The van der Waals surface area contributed by atoms with Crippen LogP contribution in [0.25, 0.3) is 16.5 Å². The van der Waals surface area contributed by atoms with E-state index in [9.17, 15) is 31.5 Å². The number of ether oxygens (including phenoxy) is 1. The average molecular weight is 691 g/mol. The van der Waals surface area contributed by atoms with Crippen molar-refractivity contribution in [2.45, 2.75) is 50.3 Å². The van der Waals surface area contributed by atoms with E-state index in [0.717, 1.165) is 17.7 Å². The molecule has 0 atom stereocenters. The summed E-state index contributed by atoms with van der Waals surface area (Å²) >= 11 is 0. The van der Waals surface area contributed by atoms with Gasteiger partial charge in [-0.1, -0.05) is 42.0 Å². The van der Waals surface area contributed by atoms with E-state index in [4.69, 9.17) is 4.74 Å². The maximum atomic E-state index is 14.2. The molecule has 14 heteroatoms. The number of fused-ring (bicyclic) bond motifs is 1. The minimum atomic E-state index is -4.48. The summed E-state index contributed by atoms with van der Waals surface area (Å²) in [6.07, 6.45) is -2.77. The van der Waals surface area contributed by atoms with Crippen molar-refractivity contribution in [3.8, 4) is 11.6 Å². The first-order chi connectivity index (χ1) is 23.9. The Morgan fingerprint density at radius 2 is 1.56 bits per heavy atom. The minimum absolute atomic E-state index is 0.0664. The molecule has 1 saturated carbocycles. The van der Waals surface area contributed by atoms with Gasteiger partial charge in [0.1, 0.15) is 34.5 Å². The first-order valence-corrected chi connectivity index (χ1v) is 16.0. The summed E-state index contributed by atoms with van der Waals surface area (Å²) in [6, 6.07) is 17.9. The summed E-state index contributed by atoms with van der Waals surface area (Å²) in [7, 11) is 0. The van der Waals surface area contributed by atoms with Gasteiger partial charge in [-0.05, 0) is 50.1 Å². The van der Waals surface area contributed by atoms with E-state index in [2.05, 4.69) is 20.7 Å². The highest BCUT2D eigenvalue weighted by molar-refractivity contribution is 6.06. The van der Waals surface area contributed by atoms with Crippen LogP contribution in [0.1, 0.15) is 47.3 Å². The molecule has 1 aliphatic heterocycles. The Hall–Kier alpha value is -5.53. The second-order valence-corrected chi connectivity index (χ2v) is 12.5. The highest BCUT2D eigenvalue weighted by Gasteiger charge is 2.66. The number of urea groups is 1. The van der Waals surface area contributed by atoms with Crippen LogP contribution in [0.4, 0.5) is 38.3 Å². The first kappa shape index (κ1) is 33.0. The number of pyridine rings is 1. The number of hydrogen-bond acceptors (Lipinski definition) is 5. The number of nitrogens with zero attached hydrogens (tertiary/aromatic N) is 4. The fourth-order valence-electron chi connectivity index (χ4n) is 6.22. The second-order valence-electron chi connectivity index (χ2n) is 12.5. The standard InChI is InChI=1S/C36H31F5N6O3/c1-21-9-11-22(12-10-21)47-30(19-29(45-47)35(15-16-35)36(39,40)41)44-34(49)43-28-20-42-32(25-6-3-2-5-24(25)28)50-23-13-17-46(18-14-23)33(48)31-26(37)7-4-8-27(31)38/h2-12,19-20,23H,13-18H2,1H3,(H2,43,44,49). The largest absolute Gasteiger partial charge is 0.474 e. The highest BCUT2D eigenvalue weighted by atomic mass is 19.4. The number of nitrogens with one attached hydrogen (secondary N) is 2. The van der Waals surface area contributed by atoms with Gasteiger partial charge < -0.3 is 15.0 Å². The molecule has 3 heterocycles. The molecule has 2 aromatic heterocycles. The van der Waals surface area contributed by atoms with Crippen LogP contribution in [0.3, 0.4) is 0 Å². The zero-order chi connectivity index (χ0) is 35.2. The summed E-state index contributed by atoms with van der Waals surface area (Å²) in [5.74, 6) is -2.19. The van der Waals surface area contributed by atoms with E-state index in [0.29, 0.717) is 40.9 Å². The normalized spacial score (nSPS) is 15.9. The van der Waals surface area contributed by atoms with Crippen LogP contribution in [0.5, 0.6) is 5.88 Å². The number of alkyl halides is 3. The number of piperidine rings is 1. The van der Waals surface area contributed by atoms with Crippen molar-refractivity contribution in [3.05, 3.63) is 107 Å². The predicted molar refractivity (Wildman–Crippen MR) is 176 cm³/mol. The topological polar surface area (TPSA) is 101 Å². The number of hydrogen-bond donors (Lipinski definition) is 2. The average Bonchev–Trinajstić information content (AvgIpc) is 3.82. The molecule has 2 fully saturated rings. The Morgan fingerprint density at radius 1 is 0.900 bits per heavy atom. The maximum absolute atomic E-state index is 14.2. The first-order valence-electron chi connectivity index (χ1n) is 16.0. The molecule has 5 aromatic rings. The molecule has 0 bridgehead atoms. The lowest BCUT2D eigenvalue weighted by Crippen LogP contribution is -2.42. The van der Waals surface area contributed by atoms with Crippen LogP contribution in [0.2, 0.25) is 0 Å². The molecule has 9 nitrogen and oxygen atoms in total. The monoisotopic (exact) mass is 690 g/mol. The third kappa shape index (κ3) is 6.21. The molecule has 258 valence electrons. The molecular weight excluding hydrogens is 659 g/mol. The summed E-state index contributed by atoms with van der Waals surface area (Å²) in [6.45, 7) is 2.33. The zero-order valence-corrected chi connectivity index (χ0v) is 26.7. The van der Waals surface area contributed by atoms with Gasteiger partial charge in [-0.3, -0.25) is 10.1 Å². The SMILES string of the molecule is Cc1ccc(-n2nc(C3(C(F)(F)F)CC3)cc2NC(=O)Nc2cnc(OC3CCN(C(=O)c4c(F)cccc4F)CC3)c3ccccc23)cc1. The minimum Gasteiger partial charge on any atom is -0.474 e. The summed E-state index contributed by atoms with van der Waals surface area (Å²) in [5.41, 5.74) is -1.03. The van der Waals surface area contributed by atoms with E-state index >= 15 is 0 Å². The van der Waals surface area contributed by atoms with Gasteiger partial charge in [0, 0.05) is 42.8 Å². The van der Waals surface area contributed by atoms with Crippen molar-refractivity contribution in [2.24, 2.45) is 0 Å². The van der Waals surface area contributed by atoms with E-state index < -0.39 is 40.7 Å². The van der Waals surface area contributed by atoms with Gasteiger partial charge in [-0.25, -0.2) is 23.2 Å². The smallest absolute Gasteiger partial charge is 0.400 e. The Kier molecular flexibility index (Phi) is 8.40. The highest BCUT2D eigenvalue weighted by Crippen LogP contribution is 2.58. The fraction of sp³-hybridized carbons (Fsp3) is 0.278. The number of aryl methyl sites for hydroxylation is 1. The summed E-state index contributed by atoms with van der Waals surface area (Å²) < 4.78 is 77.8. The third-order valence-corrected chi connectivity index (χ3v) is 9.20. The van der Waals surface area contributed by atoms with Gasteiger partial charge in [0.15, 0.2) is 0 Å². The summed E-state index contributed by atoms with van der Waals surface area (Å²) in [4.78, 5) is 32.0. The lowest BCUT2D eigenvalue weighted by molar-refractivity contribution is -0.161. The Labute approximate surface area is 283 Å². The molecule has 1 saturated heterocycles. The maximum Gasteiger partial charge on any atom is 0.400 e. The molecule has 50 heavy (non-hydrogen) atoms. The van der Waals surface area contributed by atoms with Crippen LogP contribution in [0, 0.1) is 18.6 Å². The zero-order valence-electron chi connectivity index (χ0n) is 26.7. The number of anilines is 2. The van der Waals surface area contributed by atoms with Gasteiger partial charge in [0.25, 0.3) is 5.91 Å². The van der Waals surface area contributed by atoms with E-state index in [1.54, 1.807) is 48.5 Å². The molecule has 3 amide bonds. The lowest BCUT2D eigenvalue weighted by Gasteiger charge is -2.32. The van der Waals surface area contributed by atoms with E-state index in [-0.39, 0.29) is 43.5 Å². The van der Waals surface area contributed by atoms with Gasteiger partial charge >= 0.3 is 12.2 Å². The van der Waals surface area contributed by atoms with Crippen LogP contribution in [0.15, 0.2) is 79.0 Å². The van der Waals surface area contributed by atoms with Gasteiger partial charge in [-0.15, -0.1) is 0 Å². The molecule has 0 radical (unpaired) electrons. The van der Waals surface area contributed by atoms with Crippen molar-refractivity contribution in [2.75, 3.05) is 23.7 Å². The Bertz CT molecular complexity index is 2070. The lowest BCUT2D eigenvalue weighted by atomic mass is 10.0. The fourth-order valence-corrected chi connectivity index (χ4v) is 6.22. The second kappa shape index (κ2) is 12.7. The van der Waals surface area contributed by atoms with Crippen LogP contribution >= 0.6 is 0 Å². The van der Waals surface area contributed by atoms with E-state index in [1.807, 2.05) is 6.92 Å². The van der Waals surface area contributed by atoms with Gasteiger partial charge in [0.05, 0.1) is 23.3 Å². The molecule has 0 spiro atoms. The number of halogens is 5. The van der Waals surface area contributed by atoms with Crippen molar-refractivity contribution < 1.29 is 36.3 Å². The molecule has 7 rings (SSSR count). The quantitative estimate of drug-likeness (QED) is 0.169. The molecule has 1 aliphatic carbocycles. The van der Waals surface area contributed by atoms with Crippen LogP contribution in [-0.2, 0) is 5.41 Å². The van der Waals surface area contributed by atoms with Crippen molar-refractivity contribution in [1.82, 2.24) is 19.7 Å². The van der Waals surface area contributed by atoms with Gasteiger partial charge in [0.2, 0.25) is 5.88 Å². The van der Waals surface area contributed by atoms with Crippen LogP contribution in [-0.4, -0.2) is 57.0 Å². The van der Waals surface area contributed by atoms with Crippen molar-refractivity contribution >= 4 is 34.2 Å². The molecule has 2 aliphatic rings. The van der Waals surface area contributed by atoms with Gasteiger partial charge in [-0.2, -0.15) is 18.3 Å². The predicted octanol–water partition coefficient (Wildman–Crippen LogP) is 7.93. The number of carbonyl (C=O) groups excluding carboxylic acids is 2. The number of rotatable bonds is 7. The van der Waals surface area contributed by atoms with Crippen LogP contribution < -0.4 is 15.4 Å². The molecular formula is C36H31F5N6O3. The van der Waals surface area contributed by atoms with E-state index in [1.165, 1.54) is 27.9 Å². The summed E-state index contributed by atoms with van der Waals surface area (Å²) in [5, 5.41) is 10.9. The van der Waals surface area contributed by atoms with Crippen molar-refractivity contribution in [3.63, 3.8) is 0 Å². The molecule has 2 N–H and O–H groups in total. The number of carbonyl (C=O) groups is 2. The molecule has 3 aromatic carbocycles.